The van der Waals surface area contributed by atoms with Crippen molar-refractivity contribution in [3.63, 3.8) is 0 Å². The Balaban J connectivity index is 0.963. The fraction of sp³-hybridized carbons (Fsp3) is 0.542. The van der Waals surface area contributed by atoms with Crippen LogP contribution in [0.25, 0.3) is 28.0 Å². The van der Waals surface area contributed by atoms with Crippen LogP contribution in [0.5, 0.6) is 0 Å². The Hall–Kier alpha value is -5.54. The van der Waals surface area contributed by atoms with Gasteiger partial charge in [-0.05, 0) is 96.6 Å². The number of halogens is 4. The first-order chi connectivity index (χ1) is 30.4. The summed E-state index contributed by atoms with van der Waals surface area (Å²) in [6, 6.07) is 6.74. The van der Waals surface area contributed by atoms with Gasteiger partial charge in [0, 0.05) is 47.1 Å². The minimum atomic E-state index is -4.58. The van der Waals surface area contributed by atoms with Crippen LogP contribution < -0.4 is 5.32 Å². The van der Waals surface area contributed by atoms with E-state index in [0.717, 1.165) is 56.4 Å². The smallest absolute Gasteiger partial charge is 0.407 e. The Bertz CT molecular complexity index is 2460. The Morgan fingerprint density at radius 1 is 0.797 bits per heavy atom. The molecule has 2 saturated heterocycles. The normalized spacial score (nSPS) is 26.7. The summed E-state index contributed by atoms with van der Waals surface area (Å²) < 4.78 is 75.0. The number of likely N-dealkylation sites (tertiary alicyclic amines) is 2. The van der Waals surface area contributed by atoms with Gasteiger partial charge in [-0.2, -0.15) is 17.6 Å². The molecule has 3 amide bonds. The number of imidazole rings is 1. The van der Waals surface area contributed by atoms with E-state index in [9.17, 15) is 19.2 Å². The first-order valence-corrected chi connectivity index (χ1v) is 22.4. The highest BCUT2D eigenvalue weighted by molar-refractivity contribution is 6.04. The summed E-state index contributed by atoms with van der Waals surface area (Å²) >= 11 is 0. The van der Waals surface area contributed by atoms with Crippen LogP contribution in [-0.4, -0.2) is 87.7 Å². The van der Waals surface area contributed by atoms with E-state index in [0.29, 0.717) is 22.7 Å². The number of ether oxygens (including phenoxy) is 2. The molecule has 12 nitrogen and oxygen atoms in total. The van der Waals surface area contributed by atoms with Crippen molar-refractivity contribution in [1.82, 2.24) is 25.1 Å². The molecule has 8 atom stereocenters. The average Bonchev–Trinajstić information content (AvgIpc) is 4.15. The second-order valence-corrected chi connectivity index (χ2v) is 19.1. The van der Waals surface area contributed by atoms with Crippen molar-refractivity contribution in [2.24, 2.45) is 34.6 Å². The first-order valence-electron chi connectivity index (χ1n) is 22.4. The van der Waals surface area contributed by atoms with Crippen LogP contribution in [-0.2, 0) is 35.7 Å². The molecule has 3 aliphatic carbocycles. The highest BCUT2D eigenvalue weighted by atomic mass is 19.3. The van der Waals surface area contributed by atoms with Crippen molar-refractivity contribution in [3.05, 3.63) is 71.3 Å². The lowest BCUT2D eigenvalue weighted by Crippen LogP contribution is -2.54. The summed E-state index contributed by atoms with van der Waals surface area (Å²) in [4.78, 5) is 68.7. The Morgan fingerprint density at radius 3 is 1.98 bits per heavy atom. The average molecular weight is 887 g/mol. The predicted octanol–water partition coefficient (Wildman–Crippen LogP) is 8.77. The van der Waals surface area contributed by atoms with E-state index in [1.165, 1.54) is 32.5 Å². The summed E-state index contributed by atoms with van der Waals surface area (Å²) in [5, 5.41) is 2.66. The molecule has 4 heterocycles. The van der Waals surface area contributed by atoms with Gasteiger partial charge in [0.05, 0.1) is 50.5 Å². The molecular weight excluding hydrogens is 833 g/mol. The summed E-state index contributed by atoms with van der Waals surface area (Å²) in [6.45, 7) is 7.46. The molecule has 6 aliphatic rings. The molecule has 2 saturated carbocycles. The number of alkyl carbamates (subject to hydrolysis) is 1. The number of carbonyl (C=O) groups excluding carboxylic acids is 4. The number of rotatable bonds is 11. The molecule has 4 fully saturated rings. The number of nitrogens with one attached hydrogen (secondary N) is 2. The quantitative estimate of drug-likeness (QED) is 0.145. The maximum absolute atomic E-state index is 16.3. The number of aromatic nitrogens is 2. The SMILES string of the molecule is COC(=O)C[C@H](C(=O)N1[C@@H]2CC[C@@H](C2)[C@H]1C1=NC=C(c2ccc3c(c2)C(F)(F)C(F)(F)c2cc(-c4cnc([C@@H]5[C@H]6CC[C@H](C6)N5C(=O)[C@@H](NC(=O)OC)C(C)C)[nH]4)ccc2-3)C1)C(C)C. The number of carbonyl (C=O) groups is 4. The zero-order chi connectivity index (χ0) is 45.6. The van der Waals surface area contributed by atoms with Gasteiger partial charge in [-0.3, -0.25) is 19.4 Å². The zero-order valence-electron chi connectivity index (χ0n) is 36.8. The van der Waals surface area contributed by atoms with Gasteiger partial charge in [0.1, 0.15) is 11.9 Å². The number of piperidine rings is 2. The molecule has 9 rings (SSSR count). The van der Waals surface area contributed by atoms with Gasteiger partial charge in [-0.15, -0.1) is 0 Å². The zero-order valence-corrected chi connectivity index (χ0v) is 36.8. The van der Waals surface area contributed by atoms with E-state index in [4.69, 9.17) is 14.5 Å². The minimum absolute atomic E-state index is 0.00197. The largest absolute Gasteiger partial charge is 0.469 e. The van der Waals surface area contributed by atoms with Crippen molar-refractivity contribution >= 4 is 35.2 Å². The van der Waals surface area contributed by atoms with Crippen LogP contribution in [0.4, 0.5) is 22.4 Å². The molecule has 64 heavy (non-hydrogen) atoms. The fourth-order valence-corrected chi connectivity index (χ4v) is 11.5. The summed E-state index contributed by atoms with van der Waals surface area (Å²) in [5.41, 5.74) is 0.630. The number of benzene rings is 2. The Labute approximate surface area is 369 Å². The van der Waals surface area contributed by atoms with Crippen molar-refractivity contribution < 1.29 is 46.2 Å². The summed E-state index contributed by atoms with van der Waals surface area (Å²) in [7, 11) is 2.53. The number of aromatic amines is 1. The molecule has 0 spiro atoms. The molecular formula is C48H54F4N6O6. The monoisotopic (exact) mass is 886 g/mol. The second-order valence-electron chi connectivity index (χ2n) is 19.1. The Morgan fingerprint density at radius 2 is 1.39 bits per heavy atom. The van der Waals surface area contributed by atoms with E-state index in [2.05, 4.69) is 15.3 Å². The lowest BCUT2D eigenvalue weighted by molar-refractivity contribution is -0.225. The second kappa shape index (κ2) is 16.2. The third-order valence-corrected chi connectivity index (χ3v) is 14.9. The van der Waals surface area contributed by atoms with Crippen molar-refractivity contribution in [1.29, 1.82) is 0 Å². The van der Waals surface area contributed by atoms with Gasteiger partial charge >= 0.3 is 23.9 Å². The third kappa shape index (κ3) is 7.00. The van der Waals surface area contributed by atoms with Crippen LogP contribution in [0.1, 0.15) is 108 Å². The molecule has 4 bridgehead atoms. The van der Waals surface area contributed by atoms with Gasteiger partial charge in [-0.25, -0.2) is 9.78 Å². The van der Waals surface area contributed by atoms with Gasteiger partial charge < -0.3 is 29.6 Å². The van der Waals surface area contributed by atoms with Crippen molar-refractivity contribution in [2.45, 2.75) is 121 Å². The lowest BCUT2D eigenvalue weighted by atomic mass is 9.78. The third-order valence-electron chi connectivity index (χ3n) is 14.9. The van der Waals surface area contributed by atoms with Crippen LogP contribution >= 0.6 is 0 Å². The maximum atomic E-state index is 16.3. The number of amides is 3. The van der Waals surface area contributed by atoms with E-state index in [1.54, 1.807) is 23.2 Å². The molecule has 16 heteroatoms. The van der Waals surface area contributed by atoms with Crippen LogP contribution in [0, 0.1) is 29.6 Å². The van der Waals surface area contributed by atoms with Gasteiger partial charge in [0.25, 0.3) is 0 Å². The number of allylic oxidation sites excluding steroid dienone is 1. The van der Waals surface area contributed by atoms with E-state index < -0.39 is 53.0 Å². The number of alkyl halides is 4. The van der Waals surface area contributed by atoms with Crippen LogP contribution in [0.2, 0.25) is 0 Å². The lowest BCUT2D eigenvalue weighted by Gasteiger charge is -2.38. The van der Waals surface area contributed by atoms with Crippen LogP contribution in [0.15, 0.2) is 53.8 Å². The maximum Gasteiger partial charge on any atom is 0.407 e. The van der Waals surface area contributed by atoms with E-state index in [-0.39, 0.29) is 83.1 Å². The van der Waals surface area contributed by atoms with Gasteiger partial charge in [-0.1, -0.05) is 52.0 Å². The van der Waals surface area contributed by atoms with Gasteiger partial charge in [0.15, 0.2) is 0 Å². The number of aliphatic imine (C=N–C) groups is 1. The number of H-pyrrole nitrogens is 1. The van der Waals surface area contributed by atoms with Crippen molar-refractivity contribution in [2.75, 3.05) is 14.2 Å². The molecule has 0 unspecified atom stereocenters. The molecule has 340 valence electrons. The van der Waals surface area contributed by atoms with Crippen LogP contribution in [0.3, 0.4) is 0 Å². The van der Waals surface area contributed by atoms with E-state index >= 15 is 17.6 Å². The fourth-order valence-electron chi connectivity index (χ4n) is 11.5. The number of hydrogen-bond acceptors (Lipinski definition) is 8. The molecule has 3 aromatic rings. The molecule has 2 N–H and O–H groups in total. The summed E-state index contributed by atoms with van der Waals surface area (Å²) in [5.74, 6) is -10.2. The predicted molar refractivity (Wildman–Crippen MR) is 229 cm³/mol. The molecule has 0 radical (unpaired) electrons. The number of esters is 1. The number of methoxy groups -OCH3 is 2. The van der Waals surface area contributed by atoms with Crippen molar-refractivity contribution in [3.8, 4) is 22.4 Å². The highest BCUT2D eigenvalue weighted by Crippen LogP contribution is 2.59. The Kier molecular flexibility index (Phi) is 11.0. The highest BCUT2D eigenvalue weighted by Gasteiger charge is 2.63. The number of nitrogens with zero attached hydrogens (tertiary/aromatic N) is 4. The summed E-state index contributed by atoms with van der Waals surface area (Å²) in [6.07, 6.45) is 7.57. The molecule has 1 aromatic heterocycles. The first kappa shape index (κ1) is 43.7. The van der Waals surface area contributed by atoms with Gasteiger partial charge in [0.2, 0.25) is 11.8 Å². The number of hydrogen-bond donors (Lipinski definition) is 2. The topological polar surface area (TPSA) is 146 Å². The molecule has 3 aliphatic heterocycles. The number of fused-ring (bicyclic) bond motifs is 7. The molecule has 2 aromatic carbocycles. The minimum Gasteiger partial charge on any atom is -0.469 e. The van der Waals surface area contributed by atoms with E-state index in [1.807, 2.05) is 32.6 Å². The standard InChI is InChI=1S/C48H54F4N6O6/c1-23(2)34(20-39(59)63-5)44(60)57-30-11-7-27(15-30)41(57)37-19-29(21-53-37)25-9-13-32-33-14-10-26(18-36(33)48(51,52)47(49,50)35(32)17-25)38-22-54-43(55-38)42-28-8-12-31(16-28)58(42)45(61)40(24(3)4)56-46(62)64-6/h9-10,13-14,17-18,21-24,27-28,30-31,34,40-42H,7-8,11-12,15-16,19-20H2,1-6H3,(H,54,55)(H,56,62)/t27-,28-,30+,31+,34-,40-,41-,42-/m0/s1.